The third-order valence-electron chi connectivity index (χ3n) is 13.7. The maximum atomic E-state index is 13.6. The minimum atomic E-state index is -0.737. The fraction of sp³-hybridized carbons (Fsp3) is 0.467. The largest absolute Gasteiger partial charge is 0.483 e. The third-order valence-corrected chi connectivity index (χ3v) is 15.3. The van der Waals surface area contributed by atoms with Crippen molar-refractivity contribution >= 4 is 92.6 Å². The van der Waals surface area contributed by atoms with Crippen molar-refractivity contribution in [1.82, 2.24) is 25.4 Å². The van der Waals surface area contributed by atoms with Crippen molar-refractivity contribution in [2.45, 2.75) is 131 Å². The van der Waals surface area contributed by atoms with Gasteiger partial charge < -0.3 is 40.2 Å². The topological polar surface area (TPSA) is 207 Å². The van der Waals surface area contributed by atoms with Crippen LogP contribution in [0.5, 0.6) is 5.75 Å². The van der Waals surface area contributed by atoms with Gasteiger partial charge in [-0.15, -0.1) is 21.5 Å². The number of aryl methyl sites for hydroxylation is 1. The van der Waals surface area contributed by atoms with E-state index in [2.05, 4.69) is 87.7 Å². The highest BCUT2D eigenvalue weighted by Gasteiger charge is 2.39. The van der Waals surface area contributed by atoms with Crippen LogP contribution in [0.2, 0.25) is 5.02 Å². The molecule has 2 saturated heterocycles. The summed E-state index contributed by atoms with van der Waals surface area (Å²) in [5.74, 6) is 1.02. The predicted octanol–water partition coefficient (Wildman–Crippen LogP) is 11.2. The lowest BCUT2D eigenvalue weighted by Gasteiger charge is -2.44. The van der Waals surface area contributed by atoms with Crippen LogP contribution in [0.3, 0.4) is 0 Å². The minimum absolute atomic E-state index is 0.135. The Morgan fingerprint density at radius 2 is 1.60 bits per heavy atom. The highest BCUT2D eigenvalue weighted by atomic mass is 35.5. The Balaban J connectivity index is 0.000000370. The second-order valence-corrected chi connectivity index (χ2v) is 19.6. The molecule has 424 valence electrons. The van der Waals surface area contributed by atoms with Crippen LogP contribution in [-0.4, -0.2) is 133 Å². The molecule has 6 heterocycles. The fourth-order valence-electron chi connectivity index (χ4n) is 9.76. The van der Waals surface area contributed by atoms with Crippen LogP contribution in [0.1, 0.15) is 138 Å². The van der Waals surface area contributed by atoms with Crippen LogP contribution >= 0.6 is 22.9 Å². The number of nitrogens with zero attached hydrogens (tertiary/aromatic N) is 6. The third kappa shape index (κ3) is 15.7. The van der Waals surface area contributed by atoms with Crippen molar-refractivity contribution in [1.29, 1.82) is 0 Å². The molecule has 9 rings (SSSR count). The number of nitrogens with one attached hydrogen (secondary N) is 2. The van der Waals surface area contributed by atoms with E-state index >= 15 is 0 Å². The maximum absolute atomic E-state index is 13.6. The van der Waals surface area contributed by atoms with Crippen molar-refractivity contribution in [3.05, 3.63) is 99.5 Å². The standard InChI is InChI=1S/C31H32N6O3.C21H25ClN2O3S.3C2H6.2CH4O/c1-3-19-16-21-17-27(34-35-29(21)33-18-19)36-13-11-20(12-14-36)22-9-10-25-28-23(22)6-4-7-24(28)31(40)37(25)26(8-5-15-38)30(39)32-2;1-21(2)12-16(7-8-24(21)3)23-15-6-4-5-14(11-15)20-18(22)19(27-10-9-25)17(13-26)28-20;5*1-2/h4,6-7,9-10,15-18,20,26H,3,5,8,11-14H2,1-2H3,(H,32,39);4-6,9,11,13,16,23H,7-8,10,12H2,1-3H3;3*1-2H3;2*2H,1H3. The first kappa shape index (κ1) is 65.9. The lowest BCUT2D eigenvalue weighted by atomic mass is 9.85. The monoisotopic (exact) mass is 1110 g/mol. The summed E-state index contributed by atoms with van der Waals surface area (Å²) in [5, 5.41) is 32.4. The molecule has 3 aliphatic heterocycles. The van der Waals surface area contributed by atoms with Crippen LogP contribution in [0.15, 0.2) is 72.9 Å². The molecule has 0 bridgehead atoms. The van der Waals surface area contributed by atoms with Crippen molar-refractivity contribution < 1.29 is 38.9 Å². The average molecular weight is 1110 g/mol. The molecule has 3 aromatic carbocycles. The zero-order valence-electron chi connectivity index (χ0n) is 48.0. The Morgan fingerprint density at radius 3 is 2.23 bits per heavy atom. The molecule has 2 unspecified atom stereocenters. The smallest absolute Gasteiger partial charge is 0.259 e. The Bertz CT molecular complexity index is 2870. The summed E-state index contributed by atoms with van der Waals surface area (Å²) in [7, 11) is 5.72. The number of carbonyl (C=O) groups is 5. The summed E-state index contributed by atoms with van der Waals surface area (Å²) in [4.78, 5) is 71.2. The highest BCUT2D eigenvalue weighted by Crippen LogP contribution is 2.46. The van der Waals surface area contributed by atoms with E-state index in [0.717, 1.165) is 116 Å². The molecule has 0 saturated carbocycles. The van der Waals surface area contributed by atoms with E-state index in [0.29, 0.717) is 45.6 Å². The van der Waals surface area contributed by atoms with E-state index in [1.54, 1.807) is 11.9 Å². The number of benzene rings is 3. The molecule has 0 aliphatic carbocycles. The maximum Gasteiger partial charge on any atom is 0.259 e. The first-order valence-electron chi connectivity index (χ1n) is 27.1. The van der Waals surface area contributed by atoms with Crippen molar-refractivity contribution in [3.8, 4) is 16.2 Å². The Kier molecular flexibility index (Phi) is 28.0. The molecular weight excluding hydrogens is 1030 g/mol. The van der Waals surface area contributed by atoms with Gasteiger partial charge in [0.15, 0.2) is 29.8 Å². The molecule has 0 radical (unpaired) electrons. The molecule has 78 heavy (non-hydrogen) atoms. The number of pyridine rings is 1. The zero-order valence-corrected chi connectivity index (χ0v) is 49.6. The number of hydrogen-bond donors (Lipinski definition) is 4. The van der Waals surface area contributed by atoms with Crippen LogP contribution < -0.4 is 25.2 Å². The Hall–Kier alpha value is -6.37. The molecule has 2 amide bonds. The van der Waals surface area contributed by atoms with Crippen molar-refractivity contribution in [2.24, 2.45) is 0 Å². The number of aldehydes is 3. The van der Waals surface area contributed by atoms with Crippen LogP contribution in [0.4, 0.5) is 17.2 Å². The van der Waals surface area contributed by atoms with E-state index < -0.39 is 6.04 Å². The van der Waals surface area contributed by atoms with E-state index in [1.807, 2.05) is 90.2 Å². The molecular formula is C60H83ClN8O8S. The number of rotatable bonds is 15. The molecule has 3 aromatic heterocycles. The summed E-state index contributed by atoms with van der Waals surface area (Å²) in [5.41, 5.74) is 6.51. The van der Waals surface area contributed by atoms with Gasteiger partial charge in [-0.2, -0.15) is 0 Å². The number of aliphatic hydroxyl groups is 2. The van der Waals surface area contributed by atoms with E-state index in [4.69, 9.17) is 26.6 Å². The van der Waals surface area contributed by atoms with E-state index in [-0.39, 0.29) is 42.6 Å². The summed E-state index contributed by atoms with van der Waals surface area (Å²) >= 11 is 7.73. The molecule has 18 heteroatoms. The molecule has 2 fully saturated rings. The number of anilines is 3. The number of aromatic nitrogens is 3. The molecule has 16 nitrogen and oxygen atoms in total. The van der Waals surface area contributed by atoms with Crippen molar-refractivity contribution in [3.63, 3.8) is 0 Å². The van der Waals surface area contributed by atoms with Crippen LogP contribution in [-0.2, 0) is 20.8 Å². The molecule has 4 N–H and O–H groups in total. The van der Waals surface area contributed by atoms with Gasteiger partial charge in [0.25, 0.3) is 5.91 Å². The second kappa shape index (κ2) is 33.2. The number of likely N-dealkylation sites (tertiary alicyclic amines) is 1. The number of carbonyl (C=O) groups excluding carboxylic acids is 5. The van der Waals surface area contributed by atoms with Crippen molar-refractivity contribution in [2.75, 3.05) is 69.7 Å². The normalized spacial score (nSPS) is 15.5. The Labute approximate surface area is 470 Å². The number of hydrogen-bond acceptors (Lipinski definition) is 15. The molecule has 0 spiro atoms. The Morgan fingerprint density at radius 1 is 0.910 bits per heavy atom. The number of fused-ring (bicyclic) bond motifs is 1. The molecule has 3 aliphatic rings. The number of piperidine rings is 2. The van der Waals surface area contributed by atoms with Gasteiger partial charge in [-0.1, -0.05) is 90.4 Å². The summed E-state index contributed by atoms with van der Waals surface area (Å²) in [6.45, 7) is 21.3. The summed E-state index contributed by atoms with van der Waals surface area (Å²) in [6.07, 6.45) is 9.44. The fourth-order valence-corrected chi connectivity index (χ4v) is 11.1. The van der Waals surface area contributed by atoms with Gasteiger partial charge in [-0.25, -0.2) is 4.98 Å². The quantitative estimate of drug-likeness (QED) is 0.0706. The van der Waals surface area contributed by atoms with Crippen LogP contribution in [0, 0.1) is 0 Å². The number of ether oxygens (including phenoxy) is 1. The number of likely N-dealkylation sites (N-methyl/N-ethyl adjacent to an activating group) is 1. The van der Waals surface area contributed by atoms with Crippen LogP contribution in [0.25, 0.3) is 32.2 Å². The number of thiophene rings is 1. The zero-order chi connectivity index (χ0) is 58.1. The SMILES string of the molecule is CC.CC.CC.CCc1cnc2nnc(N3CCC(c4ccc5c6c(cccc46)C(=O)N5C(CCC=O)C(=O)NC)CC3)cc2c1.CN1CCC(Nc2cccc(-c3sc(C=O)c(OCC=O)c3Cl)c2)CC1(C)C.CO.CO. The van der Waals surface area contributed by atoms with Gasteiger partial charge in [0.05, 0.1) is 10.6 Å². The first-order valence-corrected chi connectivity index (χ1v) is 28.3. The average Bonchev–Trinajstić information content (AvgIpc) is 4.10. The van der Waals surface area contributed by atoms with Gasteiger partial charge in [0.1, 0.15) is 28.8 Å². The number of halogens is 1. The summed E-state index contributed by atoms with van der Waals surface area (Å²) in [6, 6.07) is 21.8. The molecule has 6 aromatic rings. The van der Waals surface area contributed by atoms with E-state index in [1.165, 1.54) is 22.5 Å². The second-order valence-electron chi connectivity index (χ2n) is 18.2. The first-order chi connectivity index (χ1) is 37.9. The lowest BCUT2D eigenvalue weighted by molar-refractivity contribution is -0.122. The van der Waals surface area contributed by atoms with Gasteiger partial charge in [0.2, 0.25) is 5.91 Å². The molecule has 2 atom stereocenters. The van der Waals surface area contributed by atoms with E-state index in [9.17, 15) is 24.0 Å². The number of amides is 2. The highest BCUT2D eigenvalue weighted by molar-refractivity contribution is 7.18. The van der Waals surface area contributed by atoms with Gasteiger partial charge in [0, 0.05) is 87.1 Å². The lowest BCUT2D eigenvalue weighted by Crippen LogP contribution is -2.50. The van der Waals surface area contributed by atoms with Gasteiger partial charge in [-0.3, -0.25) is 24.1 Å². The van der Waals surface area contributed by atoms with Gasteiger partial charge >= 0.3 is 0 Å². The van der Waals surface area contributed by atoms with Gasteiger partial charge in [-0.05, 0) is 124 Å². The predicted molar refractivity (Wildman–Crippen MR) is 320 cm³/mol. The number of aliphatic hydroxyl groups excluding tert-OH is 2. The minimum Gasteiger partial charge on any atom is -0.483 e. The summed E-state index contributed by atoms with van der Waals surface area (Å²) < 4.78 is 5.35.